The standard InChI is InChI=1S/C17H21NO3/c1-12(16-8-7-15(21-2)11-17(16)20)18-10-9-13-3-5-14(19)6-4-13/h3-8,11-12,18-20H,9-10H2,1-2H3. The molecule has 0 aliphatic carbocycles. The molecule has 21 heavy (non-hydrogen) atoms. The molecular weight excluding hydrogens is 266 g/mol. The van der Waals surface area contributed by atoms with Crippen LogP contribution in [0, 0.1) is 0 Å². The minimum Gasteiger partial charge on any atom is -0.508 e. The van der Waals surface area contributed by atoms with E-state index in [1.54, 1.807) is 25.3 Å². The topological polar surface area (TPSA) is 61.7 Å². The predicted molar refractivity (Wildman–Crippen MR) is 82.9 cm³/mol. The van der Waals surface area contributed by atoms with E-state index >= 15 is 0 Å². The summed E-state index contributed by atoms with van der Waals surface area (Å²) < 4.78 is 5.08. The average molecular weight is 287 g/mol. The molecule has 0 aliphatic rings. The van der Waals surface area contributed by atoms with E-state index in [1.807, 2.05) is 31.2 Å². The van der Waals surface area contributed by atoms with Gasteiger partial charge in [0.05, 0.1) is 7.11 Å². The summed E-state index contributed by atoms with van der Waals surface area (Å²) >= 11 is 0. The lowest BCUT2D eigenvalue weighted by molar-refractivity contribution is 0.404. The van der Waals surface area contributed by atoms with Crippen molar-refractivity contribution in [2.75, 3.05) is 13.7 Å². The van der Waals surface area contributed by atoms with Crippen molar-refractivity contribution >= 4 is 0 Å². The van der Waals surface area contributed by atoms with Gasteiger partial charge in [-0.3, -0.25) is 0 Å². The molecule has 0 radical (unpaired) electrons. The second-order valence-corrected chi connectivity index (χ2v) is 5.02. The molecule has 0 spiro atoms. The van der Waals surface area contributed by atoms with Gasteiger partial charge in [0.2, 0.25) is 0 Å². The molecule has 112 valence electrons. The Labute approximate surface area is 125 Å². The molecule has 2 aromatic carbocycles. The molecule has 0 aliphatic heterocycles. The van der Waals surface area contributed by atoms with E-state index in [-0.39, 0.29) is 17.5 Å². The van der Waals surface area contributed by atoms with Gasteiger partial charge in [0.25, 0.3) is 0 Å². The molecular formula is C17H21NO3. The van der Waals surface area contributed by atoms with Gasteiger partial charge in [-0.1, -0.05) is 18.2 Å². The number of hydrogen-bond acceptors (Lipinski definition) is 4. The van der Waals surface area contributed by atoms with Gasteiger partial charge in [0.1, 0.15) is 17.2 Å². The van der Waals surface area contributed by atoms with E-state index in [9.17, 15) is 10.2 Å². The van der Waals surface area contributed by atoms with Gasteiger partial charge >= 0.3 is 0 Å². The second kappa shape index (κ2) is 6.99. The van der Waals surface area contributed by atoms with Crippen molar-refractivity contribution in [2.24, 2.45) is 0 Å². The van der Waals surface area contributed by atoms with Crippen LogP contribution >= 0.6 is 0 Å². The van der Waals surface area contributed by atoms with Crippen LogP contribution in [0.15, 0.2) is 42.5 Å². The number of aromatic hydroxyl groups is 2. The van der Waals surface area contributed by atoms with E-state index < -0.39 is 0 Å². The molecule has 1 unspecified atom stereocenters. The molecule has 0 bridgehead atoms. The maximum absolute atomic E-state index is 9.99. The second-order valence-electron chi connectivity index (χ2n) is 5.02. The number of hydrogen-bond donors (Lipinski definition) is 3. The van der Waals surface area contributed by atoms with Crippen LogP contribution in [0.5, 0.6) is 17.2 Å². The lowest BCUT2D eigenvalue weighted by Crippen LogP contribution is -2.21. The van der Waals surface area contributed by atoms with Crippen LogP contribution in [0.1, 0.15) is 24.1 Å². The fraction of sp³-hybridized carbons (Fsp3) is 0.294. The van der Waals surface area contributed by atoms with Crippen molar-refractivity contribution < 1.29 is 14.9 Å². The van der Waals surface area contributed by atoms with E-state index in [0.29, 0.717) is 5.75 Å². The normalized spacial score (nSPS) is 12.1. The lowest BCUT2D eigenvalue weighted by atomic mass is 10.1. The molecule has 4 nitrogen and oxygen atoms in total. The van der Waals surface area contributed by atoms with Crippen molar-refractivity contribution in [2.45, 2.75) is 19.4 Å². The van der Waals surface area contributed by atoms with Crippen molar-refractivity contribution in [3.05, 3.63) is 53.6 Å². The first kappa shape index (κ1) is 15.2. The SMILES string of the molecule is COc1ccc(C(C)NCCc2ccc(O)cc2)c(O)c1. The van der Waals surface area contributed by atoms with Crippen molar-refractivity contribution in [1.29, 1.82) is 0 Å². The van der Waals surface area contributed by atoms with Crippen LogP contribution < -0.4 is 10.1 Å². The summed E-state index contributed by atoms with van der Waals surface area (Å²) in [5.41, 5.74) is 2.01. The fourth-order valence-corrected chi connectivity index (χ4v) is 2.22. The van der Waals surface area contributed by atoms with Crippen molar-refractivity contribution in [3.63, 3.8) is 0 Å². The Bertz CT molecular complexity index is 581. The quantitative estimate of drug-likeness (QED) is 0.764. The molecule has 2 aromatic rings. The third-order valence-corrected chi connectivity index (χ3v) is 3.50. The highest BCUT2D eigenvalue weighted by atomic mass is 16.5. The number of phenols is 2. The van der Waals surface area contributed by atoms with Gasteiger partial charge in [-0.15, -0.1) is 0 Å². The number of phenolic OH excluding ortho intramolecular Hbond substituents is 2. The summed E-state index contributed by atoms with van der Waals surface area (Å²) in [5, 5.41) is 22.6. The zero-order chi connectivity index (χ0) is 15.2. The van der Waals surface area contributed by atoms with Gasteiger partial charge < -0.3 is 20.3 Å². The van der Waals surface area contributed by atoms with E-state index in [1.165, 1.54) is 0 Å². The highest BCUT2D eigenvalue weighted by molar-refractivity contribution is 5.41. The van der Waals surface area contributed by atoms with Crippen molar-refractivity contribution in [3.8, 4) is 17.2 Å². The van der Waals surface area contributed by atoms with E-state index in [0.717, 1.165) is 24.1 Å². The molecule has 0 saturated heterocycles. The Balaban J connectivity index is 1.89. The molecule has 4 heteroatoms. The summed E-state index contributed by atoms with van der Waals surface area (Å²) in [5.74, 6) is 1.16. The molecule has 3 N–H and O–H groups in total. The number of rotatable bonds is 6. The van der Waals surface area contributed by atoms with Crippen molar-refractivity contribution in [1.82, 2.24) is 5.32 Å². The van der Waals surface area contributed by atoms with Gasteiger partial charge in [0, 0.05) is 17.7 Å². The summed E-state index contributed by atoms with van der Waals surface area (Å²) in [6.07, 6.45) is 0.863. The maximum atomic E-state index is 9.99. The first-order chi connectivity index (χ1) is 10.1. The summed E-state index contributed by atoms with van der Waals surface area (Å²) in [4.78, 5) is 0. The number of methoxy groups -OCH3 is 1. The first-order valence-corrected chi connectivity index (χ1v) is 6.98. The lowest BCUT2D eigenvalue weighted by Gasteiger charge is -2.16. The molecule has 1 atom stereocenters. The third kappa shape index (κ3) is 4.13. The molecule has 0 saturated carbocycles. The minimum absolute atomic E-state index is 0.0491. The number of nitrogens with one attached hydrogen (secondary N) is 1. The van der Waals surface area contributed by atoms with Gasteiger partial charge in [-0.2, -0.15) is 0 Å². The van der Waals surface area contributed by atoms with Gasteiger partial charge in [0.15, 0.2) is 0 Å². The fourth-order valence-electron chi connectivity index (χ4n) is 2.22. The Kier molecular flexibility index (Phi) is 5.06. The van der Waals surface area contributed by atoms with E-state index in [4.69, 9.17) is 4.74 Å². The smallest absolute Gasteiger partial charge is 0.124 e. The summed E-state index contributed by atoms with van der Waals surface area (Å²) in [6, 6.07) is 12.6. The Morgan fingerprint density at radius 1 is 1.10 bits per heavy atom. The highest BCUT2D eigenvalue weighted by Gasteiger charge is 2.10. The predicted octanol–water partition coefficient (Wildman–Crippen LogP) is 3.00. The van der Waals surface area contributed by atoms with Gasteiger partial charge in [-0.05, 0) is 43.7 Å². The maximum Gasteiger partial charge on any atom is 0.124 e. The number of benzene rings is 2. The first-order valence-electron chi connectivity index (χ1n) is 6.98. The van der Waals surface area contributed by atoms with Gasteiger partial charge in [-0.25, -0.2) is 0 Å². The van der Waals surface area contributed by atoms with Crippen LogP contribution in [0.4, 0.5) is 0 Å². The molecule has 2 rings (SSSR count). The molecule has 0 heterocycles. The minimum atomic E-state index is 0.0491. The Morgan fingerprint density at radius 2 is 1.81 bits per heavy atom. The molecule has 0 amide bonds. The largest absolute Gasteiger partial charge is 0.508 e. The summed E-state index contributed by atoms with van der Waals surface area (Å²) in [7, 11) is 1.58. The molecule has 0 fully saturated rings. The van der Waals surface area contributed by atoms with Crippen LogP contribution in [0.3, 0.4) is 0 Å². The highest BCUT2D eigenvalue weighted by Crippen LogP contribution is 2.28. The zero-order valence-corrected chi connectivity index (χ0v) is 12.3. The zero-order valence-electron chi connectivity index (χ0n) is 12.3. The average Bonchev–Trinajstić information content (AvgIpc) is 2.49. The van der Waals surface area contributed by atoms with Crippen LogP contribution in [0.2, 0.25) is 0 Å². The molecule has 0 aromatic heterocycles. The van der Waals surface area contributed by atoms with E-state index in [2.05, 4.69) is 5.32 Å². The van der Waals surface area contributed by atoms with Crippen LogP contribution in [-0.4, -0.2) is 23.9 Å². The monoisotopic (exact) mass is 287 g/mol. The van der Waals surface area contributed by atoms with Crippen LogP contribution in [0.25, 0.3) is 0 Å². The summed E-state index contributed by atoms with van der Waals surface area (Å²) in [6.45, 7) is 2.80. The Morgan fingerprint density at radius 3 is 2.43 bits per heavy atom. The number of ether oxygens (including phenoxy) is 1. The third-order valence-electron chi connectivity index (χ3n) is 3.50. The van der Waals surface area contributed by atoms with Crippen LogP contribution in [-0.2, 0) is 6.42 Å². The Hall–Kier alpha value is -2.20.